The Labute approximate surface area is 106 Å². The van der Waals surface area contributed by atoms with E-state index in [4.69, 9.17) is 5.73 Å². The van der Waals surface area contributed by atoms with E-state index in [1.54, 1.807) is 11.8 Å². The van der Waals surface area contributed by atoms with Crippen molar-refractivity contribution in [2.75, 3.05) is 5.73 Å². The lowest BCUT2D eigenvalue weighted by Crippen LogP contribution is -1.88. The third kappa shape index (κ3) is 2.56. The molecule has 2 aromatic rings. The number of aromatic nitrogens is 3. The lowest BCUT2D eigenvalue weighted by atomic mass is 10.1. The first kappa shape index (κ1) is 11.5. The molecule has 84 valence electrons. The minimum atomic E-state index is 0.355. The summed E-state index contributed by atoms with van der Waals surface area (Å²) in [5, 5.41) is 7.27. The molecule has 0 amide bonds. The number of nitrogens with two attached hydrogens (primary N) is 1. The van der Waals surface area contributed by atoms with E-state index in [1.807, 2.05) is 12.1 Å². The monoisotopic (exact) mass is 298 g/mol. The Morgan fingerprint density at radius 2 is 2.31 bits per heavy atom. The summed E-state index contributed by atoms with van der Waals surface area (Å²) in [6.45, 7) is 2.09. The predicted octanol–water partition coefficient (Wildman–Crippen LogP) is 2.75. The minimum absolute atomic E-state index is 0.355. The number of thioether (sulfide) groups is 1. The predicted molar refractivity (Wildman–Crippen MR) is 69.2 cm³/mol. The van der Waals surface area contributed by atoms with Crippen molar-refractivity contribution in [3.63, 3.8) is 0 Å². The molecule has 3 N–H and O–H groups in total. The average Bonchev–Trinajstić information content (AvgIpc) is 2.67. The zero-order chi connectivity index (χ0) is 11.5. The normalized spacial score (nSPS) is 10.6. The van der Waals surface area contributed by atoms with Crippen molar-refractivity contribution in [1.29, 1.82) is 0 Å². The Balaban J connectivity index is 2.07. The Morgan fingerprint density at radius 1 is 1.50 bits per heavy atom. The van der Waals surface area contributed by atoms with Crippen molar-refractivity contribution in [3.8, 4) is 0 Å². The minimum Gasteiger partial charge on any atom is -0.368 e. The van der Waals surface area contributed by atoms with Gasteiger partial charge in [0.1, 0.15) is 0 Å². The van der Waals surface area contributed by atoms with Crippen LogP contribution in [0, 0.1) is 6.92 Å². The fraction of sp³-hybridized carbons (Fsp3) is 0.200. The standard InChI is InChI=1S/C10H11BrN4S/c1-6-7(3-2-4-8(6)11)5-16-10-13-9(12)14-15-10/h2-4H,5H2,1H3,(H3,12,13,14,15). The zero-order valence-electron chi connectivity index (χ0n) is 8.70. The number of aromatic amines is 1. The number of H-pyrrole nitrogens is 1. The molecule has 4 nitrogen and oxygen atoms in total. The molecular weight excluding hydrogens is 288 g/mol. The highest BCUT2D eigenvalue weighted by Crippen LogP contribution is 2.25. The van der Waals surface area contributed by atoms with Crippen LogP contribution in [0.4, 0.5) is 5.95 Å². The second-order valence-corrected chi connectivity index (χ2v) is 5.11. The summed E-state index contributed by atoms with van der Waals surface area (Å²) in [5.41, 5.74) is 7.97. The Bertz CT molecular complexity index is 497. The maximum atomic E-state index is 5.45. The van der Waals surface area contributed by atoms with E-state index in [0.717, 1.165) is 10.2 Å². The van der Waals surface area contributed by atoms with Crippen LogP contribution in [0.5, 0.6) is 0 Å². The molecule has 0 aliphatic heterocycles. The fourth-order valence-corrected chi connectivity index (χ4v) is 2.55. The van der Waals surface area contributed by atoms with Gasteiger partial charge in [0, 0.05) is 10.2 Å². The van der Waals surface area contributed by atoms with Crippen LogP contribution in [0.3, 0.4) is 0 Å². The number of benzene rings is 1. The molecule has 0 saturated heterocycles. The molecule has 16 heavy (non-hydrogen) atoms. The maximum Gasteiger partial charge on any atom is 0.216 e. The van der Waals surface area contributed by atoms with Gasteiger partial charge in [-0.3, -0.25) is 0 Å². The van der Waals surface area contributed by atoms with Crippen LogP contribution in [0.1, 0.15) is 11.1 Å². The molecule has 1 aromatic carbocycles. The van der Waals surface area contributed by atoms with Gasteiger partial charge in [0.2, 0.25) is 11.1 Å². The largest absolute Gasteiger partial charge is 0.368 e. The summed E-state index contributed by atoms with van der Waals surface area (Å²) in [6, 6.07) is 6.16. The van der Waals surface area contributed by atoms with Gasteiger partial charge in [-0.1, -0.05) is 39.8 Å². The number of anilines is 1. The van der Waals surface area contributed by atoms with E-state index in [0.29, 0.717) is 11.1 Å². The van der Waals surface area contributed by atoms with E-state index < -0.39 is 0 Å². The molecule has 2 rings (SSSR count). The number of hydrogen-bond acceptors (Lipinski definition) is 4. The first-order valence-electron chi connectivity index (χ1n) is 4.71. The number of rotatable bonds is 3. The van der Waals surface area contributed by atoms with E-state index in [1.165, 1.54) is 11.1 Å². The van der Waals surface area contributed by atoms with E-state index in [2.05, 4.69) is 44.1 Å². The summed E-state index contributed by atoms with van der Waals surface area (Å²) in [6.07, 6.45) is 0. The second-order valence-electron chi connectivity index (χ2n) is 3.32. The maximum absolute atomic E-state index is 5.45. The van der Waals surface area contributed by atoms with Gasteiger partial charge in [-0.25, -0.2) is 5.10 Å². The number of hydrogen-bond donors (Lipinski definition) is 2. The summed E-state index contributed by atoms with van der Waals surface area (Å²) >= 11 is 5.07. The van der Waals surface area contributed by atoms with Crippen molar-refractivity contribution in [1.82, 2.24) is 15.2 Å². The third-order valence-corrected chi connectivity index (χ3v) is 3.97. The molecule has 0 radical (unpaired) electrons. The molecule has 0 saturated carbocycles. The molecule has 6 heteroatoms. The smallest absolute Gasteiger partial charge is 0.216 e. The summed E-state index contributed by atoms with van der Waals surface area (Å²) in [5.74, 6) is 1.19. The van der Waals surface area contributed by atoms with Gasteiger partial charge in [-0.2, -0.15) is 4.98 Å². The second kappa shape index (κ2) is 4.88. The molecular formula is C10H11BrN4S. The topological polar surface area (TPSA) is 67.6 Å². The van der Waals surface area contributed by atoms with Crippen LogP contribution in [-0.4, -0.2) is 15.2 Å². The van der Waals surface area contributed by atoms with Crippen LogP contribution in [0.2, 0.25) is 0 Å². The lowest BCUT2D eigenvalue weighted by Gasteiger charge is -2.05. The van der Waals surface area contributed by atoms with Crippen LogP contribution in [0.25, 0.3) is 0 Å². The highest BCUT2D eigenvalue weighted by molar-refractivity contribution is 9.10. The van der Waals surface area contributed by atoms with Crippen molar-refractivity contribution in [3.05, 3.63) is 33.8 Å². The van der Waals surface area contributed by atoms with Crippen molar-refractivity contribution in [2.45, 2.75) is 17.8 Å². The van der Waals surface area contributed by atoms with Crippen molar-refractivity contribution < 1.29 is 0 Å². The molecule has 1 aromatic heterocycles. The van der Waals surface area contributed by atoms with E-state index in [-0.39, 0.29) is 0 Å². The molecule has 0 aliphatic rings. The zero-order valence-corrected chi connectivity index (χ0v) is 11.1. The van der Waals surface area contributed by atoms with Gasteiger partial charge in [-0.15, -0.1) is 5.10 Å². The fourth-order valence-electron chi connectivity index (χ4n) is 1.27. The number of halogens is 1. The van der Waals surface area contributed by atoms with Crippen LogP contribution in [0.15, 0.2) is 27.8 Å². The van der Waals surface area contributed by atoms with Gasteiger partial charge < -0.3 is 5.73 Å². The third-order valence-electron chi connectivity index (χ3n) is 2.22. The Kier molecular flexibility index (Phi) is 3.50. The number of nitrogens with one attached hydrogen (secondary N) is 1. The quantitative estimate of drug-likeness (QED) is 0.855. The first-order chi connectivity index (χ1) is 7.66. The average molecular weight is 299 g/mol. The van der Waals surface area contributed by atoms with Gasteiger partial charge in [0.25, 0.3) is 0 Å². The van der Waals surface area contributed by atoms with Gasteiger partial charge >= 0.3 is 0 Å². The molecule has 0 unspecified atom stereocenters. The molecule has 0 fully saturated rings. The van der Waals surface area contributed by atoms with Crippen LogP contribution < -0.4 is 5.73 Å². The van der Waals surface area contributed by atoms with Crippen molar-refractivity contribution >= 4 is 33.6 Å². The van der Waals surface area contributed by atoms with Crippen LogP contribution in [-0.2, 0) is 5.75 Å². The SMILES string of the molecule is Cc1c(Br)cccc1CSc1n[nH]c(N)n1. The first-order valence-corrected chi connectivity index (χ1v) is 6.49. The molecule has 0 bridgehead atoms. The molecule has 0 atom stereocenters. The Hall–Kier alpha value is -1.01. The van der Waals surface area contributed by atoms with Gasteiger partial charge in [0.05, 0.1) is 0 Å². The molecule has 0 aliphatic carbocycles. The molecule has 1 heterocycles. The van der Waals surface area contributed by atoms with Gasteiger partial charge in [0.15, 0.2) is 0 Å². The highest BCUT2D eigenvalue weighted by Gasteiger charge is 2.05. The van der Waals surface area contributed by atoms with Gasteiger partial charge in [-0.05, 0) is 24.1 Å². The summed E-state index contributed by atoms with van der Waals surface area (Å²) in [7, 11) is 0. The lowest BCUT2D eigenvalue weighted by molar-refractivity contribution is 0.973. The highest BCUT2D eigenvalue weighted by atomic mass is 79.9. The molecule has 0 spiro atoms. The Morgan fingerprint density at radius 3 is 3.00 bits per heavy atom. The van der Waals surface area contributed by atoms with Crippen LogP contribution >= 0.6 is 27.7 Å². The summed E-state index contributed by atoms with van der Waals surface area (Å²) < 4.78 is 1.13. The number of nitrogen functional groups attached to an aromatic ring is 1. The van der Waals surface area contributed by atoms with Crippen molar-refractivity contribution in [2.24, 2.45) is 0 Å². The summed E-state index contributed by atoms with van der Waals surface area (Å²) in [4.78, 5) is 4.04. The van der Waals surface area contributed by atoms with E-state index >= 15 is 0 Å². The van der Waals surface area contributed by atoms with E-state index in [9.17, 15) is 0 Å². The number of nitrogens with zero attached hydrogens (tertiary/aromatic N) is 2.